The quantitative estimate of drug-likeness (QED) is 0.429. The molecule has 1 heterocycles. The lowest BCUT2D eigenvalue weighted by Gasteiger charge is -2.07. The van der Waals surface area contributed by atoms with Gasteiger partial charge in [-0.1, -0.05) is 30.3 Å². The number of rotatable bonds is 5. The van der Waals surface area contributed by atoms with E-state index in [2.05, 4.69) is 15.5 Å². The normalized spacial score (nSPS) is 11.7. The average Bonchev–Trinajstić information content (AvgIpc) is 3.14. The second-order valence-electron chi connectivity index (χ2n) is 6.52. The van der Waals surface area contributed by atoms with E-state index in [-0.39, 0.29) is 12.5 Å². The molecule has 4 rings (SSSR count). The lowest BCUT2D eigenvalue weighted by atomic mass is 10.0. The number of hydrazone groups is 1. The number of para-hydroxylation sites is 2. The van der Waals surface area contributed by atoms with Gasteiger partial charge >= 0.3 is 0 Å². The second-order valence-corrected chi connectivity index (χ2v) is 6.52. The third-order valence-corrected chi connectivity index (χ3v) is 4.65. The third kappa shape index (κ3) is 3.57. The van der Waals surface area contributed by atoms with Gasteiger partial charge in [0.2, 0.25) is 0 Å². The minimum atomic E-state index is -0.201. The molecule has 4 aromatic rings. The van der Waals surface area contributed by atoms with E-state index >= 15 is 0 Å². The summed E-state index contributed by atoms with van der Waals surface area (Å²) in [5.74, 6) is 0.623. The Kier molecular flexibility index (Phi) is 4.76. The number of aromatic nitrogens is 2. The van der Waals surface area contributed by atoms with Crippen LogP contribution in [0.5, 0.6) is 5.75 Å². The van der Waals surface area contributed by atoms with Crippen molar-refractivity contribution >= 4 is 33.4 Å². The Hall–Kier alpha value is -3.67. The Morgan fingerprint density at radius 3 is 2.75 bits per heavy atom. The van der Waals surface area contributed by atoms with Gasteiger partial charge in [0.25, 0.3) is 5.91 Å². The first-order valence-corrected chi connectivity index (χ1v) is 8.95. The van der Waals surface area contributed by atoms with E-state index in [1.54, 1.807) is 18.0 Å². The van der Waals surface area contributed by atoms with Crippen LogP contribution in [0.25, 0.3) is 21.8 Å². The van der Waals surface area contributed by atoms with Crippen LogP contribution in [0.2, 0.25) is 0 Å². The van der Waals surface area contributed by atoms with E-state index in [1.165, 1.54) is 0 Å². The van der Waals surface area contributed by atoms with Gasteiger partial charge in [-0.15, -0.1) is 0 Å². The van der Waals surface area contributed by atoms with E-state index in [0.29, 0.717) is 0 Å². The van der Waals surface area contributed by atoms with Gasteiger partial charge in [-0.3, -0.25) is 4.79 Å². The van der Waals surface area contributed by atoms with Gasteiger partial charge in [0.05, 0.1) is 30.2 Å². The first-order valence-electron chi connectivity index (χ1n) is 8.95. The van der Waals surface area contributed by atoms with Crippen LogP contribution in [0, 0.1) is 0 Å². The maximum absolute atomic E-state index is 12.3. The number of carbonyl (C=O) groups is 1. The molecule has 0 radical (unpaired) electrons. The van der Waals surface area contributed by atoms with Crippen molar-refractivity contribution in [2.45, 2.75) is 13.5 Å². The number of hydrogen-bond acceptors (Lipinski definition) is 4. The summed E-state index contributed by atoms with van der Waals surface area (Å²) in [6.07, 6.45) is 1.67. The van der Waals surface area contributed by atoms with Crippen molar-refractivity contribution < 1.29 is 9.53 Å². The lowest BCUT2D eigenvalue weighted by Crippen LogP contribution is -2.24. The van der Waals surface area contributed by atoms with Crippen LogP contribution in [-0.4, -0.2) is 28.3 Å². The van der Waals surface area contributed by atoms with E-state index in [4.69, 9.17) is 4.74 Å². The Bertz CT molecular complexity index is 1190. The number of amides is 1. The largest absolute Gasteiger partial charge is 0.497 e. The van der Waals surface area contributed by atoms with E-state index in [0.717, 1.165) is 38.8 Å². The van der Waals surface area contributed by atoms with Crippen molar-refractivity contribution in [2.75, 3.05) is 7.11 Å². The fraction of sp³-hybridized carbons (Fsp3) is 0.136. The Morgan fingerprint density at radius 2 is 1.89 bits per heavy atom. The molecule has 0 unspecified atom stereocenters. The summed E-state index contributed by atoms with van der Waals surface area (Å²) >= 11 is 0. The number of ether oxygens (including phenoxy) is 1. The summed E-state index contributed by atoms with van der Waals surface area (Å²) in [4.78, 5) is 16.6. The van der Waals surface area contributed by atoms with Gasteiger partial charge in [-0.25, -0.2) is 10.4 Å². The van der Waals surface area contributed by atoms with Crippen LogP contribution in [-0.2, 0) is 11.3 Å². The van der Waals surface area contributed by atoms with Gasteiger partial charge in [0.1, 0.15) is 12.3 Å². The minimum absolute atomic E-state index is 0.162. The van der Waals surface area contributed by atoms with E-state index in [1.807, 2.05) is 67.6 Å². The molecule has 3 aromatic carbocycles. The van der Waals surface area contributed by atoms with Crippen LogP contribution in [0.15, 0.2) is 72.1 Å². The molecule has 6 heteroatoms. The number of benzene rings is 3. The predicted octanol–water partition coefficient (Wildman–Crippen LogP) is 3.74. The summed E-state index contributed by atoms with van der Waals surface area (Å²) < 4.78 is 7.06. The van der Waals surface area contributed by atoms with Gasteiger partial charge in [-0.05, 0) is 53.6 Å². The monoisotopic (exact) mass is 372 g/mol. The van der Waals surface area contributed by atoms with Gasteiger partial charge in [0, 0.05) is 0 Å². The highest BCUT2D eigenvalue weighted by molar-refractivity contribution is 6.02. The second kappa shape index (κ2) is 7.52. The number of nitrogens with zero attached hydrogens (tertiary/aromatic N) is 3. The van der Waals surface area contributed by atoms with Crippen molar-refractivity contribution in [3.05, 3.63) is 72.6 Å². The zero-order valence-electron chi connectivity index (χ0n) is 15.7. The first-order chi connectivity index (χ1) is 13.6. The molecule has 1 amide bonds. The fourth-order valence-corrected chi connectivity index (χ4v) is 3.11. The highest BCUT2D eigenvalue weighted by Crippen LogP contribution is 2.22. The van der Waals surface area contributed by atoms with Crippen molar-refractivity contribution in [3.63, 3.8) is 0 Å². The number of fused-ring (bicyclic) bond motifs is 2. The lowest BCUT2D eigenvalue weighted by molar-refractivity contribution is -0.121. The van der Waals surface area contributed by atoms with Crippen LogP contribution in [0.1, 0.15) is 12.5 Å². The fourth-order valence-electron chi connectivity index (χ4n) is 3.11. The topological polar surface area (TPSA) is 68.5 Å². The predicted molar refractivity (Wildman–Crippen MR) is 111 cm³/mol. The summed E-state index contributed by atoms with van der Waals surface area (Å²) in [7, 11) is 1.65. The van der Waals surface area contributed by atoms with E-state index < -0.39 is 0 Å². The number of hydrogen-bond donors (Lipinski definition) is 1. The molecular weight excluding hydrogens is 352 g/mol. The summed E-state index contributed by atoms with van der Waals surface area (Å²) in [5.41, 5.74) is 6.10. The molecule has 0 bridgehead atoms. The van der Waals surface area contributed by atoms with Gasteiger partial charge in [-0.2, -0.15) is 5.10 Å². The maximum atomic E-state index is 12.3. The van der Waals surface area contributed by atoms with Gasteiger partial charge < -0.3 is 9.30 Å². The van der Waals surface area contributed by atoms with Crippen molar-refractivity contribution in [1.29, 1.82) is 0 Å². The smallest absolute Gasteiger partial charge is 0.260 e. The molecule has 0 fully saturated rings. The standard InChI is InChI=1S/C22H20N4O2/c1-15(16-7-8-18-12-19(28-2)10-9-17(18)11-16)24-25-22(27)13-26-14-23-20-5-3-4-6-21(20)26/h3-12,14H,13H2,1-2H3,(H,25,27)/b24-15+. The minimum Gasteiger partial charge on any atom is -0.497 e. The number of carbonyl (C=O) groups excluding carboxylic acids is 1. The molecule has 1 aromatic heterocycles. The molecule has 0 aliphatic rings. The van der Waals surface area contributed by atoms with E-state index in [9.17, 15) is 4.79 Å². The number of nitrogens with one attached hydrogen (secondary N) is 1. The summed E-state index contributed by atoms with van der Waals surface area (Å²) in [5, 5.41) is 6.43. The molecule has 0 spiro atoms. The van der Waals surface area contributed by atoms with Crippen LogP contribution >= 0.6 is 0 Å². The zero-order valence-corrected chi connectivity index (χ0v) is 15.7. The Morgan fingerprint density at radius 1 is 1.11 bits per heavy atom. The first kappa shape index (κ1) is 17.7. The van der Waals surface area contributed by atoms with Crippen LogP contribution < -0.4 is 10.2 Å². The SMILES string of the molecule is COc1ccc2cc(/C(C)=N/NC(=O)Cn3cnc4ccccc43)ccc2c1. The average molecular weight is 372 g/mol. The third-order valence-electron chi connectivity index (χ3n) is 4.65. The highest BCUT2D eigenvalue weighted by Gasteiger charge is 2.07. The maximum Gasteiger partial charge on any atom is 0.260 e. The number of methoxy groups -OCH3 is 1. The highest BCUT2D eigenvalue weighted by atomic mass is 16.5. The van der Waals surface area contributed by atoms with Crippen molar-refractivity contribution in [1.82, 2.24) is 15.0 Å². The molecule has 0 aliphatic heterocycles. The Balaban J connectivity index is 1.47. The van der Waals surface area contributed by atoms with Crippen LogP contribution in [0.4, 0.5) is 0 Å². The van der Waals surface area contributed by atoms with Crippen molar-refractivity contribution in [3.8, 4) is 5.75 Å². The van der Waals surface area contributed by atoms with Crippen molar-refractivity contribution in [2.24, 2.45) is 5.10 Å². The molecule has 28 heavy (non-hydrogen) atoms. The molecule has 0 saturated heterocycles. The molecule has 1 N–H and O–H groups in total. The molecular formula is C22H20N4O2. The zero-order chi connectivity index (χ0) is 19.5. The molecule has 0 saturated carbocycles. The molecule has 0 aliphatic carbocycles. The molecule has 140 valence electrons. The molecule has 6 nitrogen and oxygen atoms in total. The molecule has 0 atom stereocenters. The Labute approximate surface area is 162 Å². The van der Waals surface area contributed by atoms with Crippen LogP contribution in [0.3, 0.4) is 0 Å². The number of imidazole rings is 1. The summed E-state index contributed by atoms with van der Waals surface area (Å²) in [6, 6.07) is 19.7. The summed E-state index contributed by atoms with van der Waals surface area (Å²) in [6.45, 7) is 2.03. The van der Waals surface area contributed by atoms with Gasteiger partial charge in [0.15, 0.2) is 0 Å².